The van der Waals surface area contributed by atoms with Crippen LogP contribution in [0.15, 0.2) is 67.7 Å². The molecule has 35 heavy (non-hydrogen) atoms. The Balaban J connectivity index is 1.37. The molecule has 1 N–H and O–H groups in total. The van der Waals surface area contributed by atoms with Crippen LogP contribution >= 0.6 is 34.4 Å². The average Bonchev–Trinajstić information content (AvgIpc) is 3.51. The van der Waals surface area contributed by atoms with Gasteiger partial charge in [0.25, 0.3) is 5.91 Å². The summed E-state index contributed by atoms with van der Waals surface area (Å²) >= 11 is 3.59. The quantitative estimate of drug-likeness (QED) is 0.190. The van der Waals surface area contributed by atoms with Gasteiger partial charge in [0, 0.05) is 6.07 Å². The van der Waals surface area contributed by atoms with Crippen molar-refractivity contribution < 1.29 is 31.9 Å². The molecule has 0 fully saturated rings. The molecule has 1 aromatic carbocycles. The molecule has 0 radical (unpaired) electrons. The van der Waals surface area contributed by atoms with Crippen molar-refractivity contribution in [3.8, 4) is 5.75 Å². The Hall–Kier alpha value is -3.49. The molecule has 0 aliphatic heterocycles. The Morgan fingerprint density at radius 2 is 1.94 bits per heavy atom. The highest BCUT2D eigenvalue weighted by atomic mass is 32.2. The molecule has 4 aromatic rings. The van der Waals surface area contributed by atoms with E-state index in [1.54, 1.807) is 17.5 Å². The molecular weight excluding hydrogens is 527 g/mol. The minimum atomic E-state index is -4.77. The molecule has 0 atom stereocenters. The first-order valence-corrected chi connectivity index (χ1v) is 12.2. The number of halogens is 3. The summed E-state index contributed by atoms with van der Waals surface area (Å²) in [7, 11) is 0. The van der Waals surface area contributed by atoms with Crippen molar-refractivity contribution in [1.29, 1.82) is 0 Å². The Kier molecular flexibility index (Phi) is 7.33. The van der Waals surface area contributed by atoms with Gasteiger partial charge in [0.2, 0.25) is 16.3 Å². The first-order chi connectivity index (χ1) is 16.7. The lowest BCUT2D eigenvalue weighted by Gasteiger charge is -2.11. The first kappa shape index (κ1) is 24.6. The fraction of sp³-hybridized carbons (Fsp3) is 0.0952. The van der Waals surface area contributed by atoms with E-state index in [1.165, 1.54) is 29.2 Å². The zero-order valence-electron chi connectivity index (χ0n) is 17.2. The summed E-state index contributed by atoms with van der Waals surface area (Å²) in [4.78, 5) is 37.1. The number of thioether (sulfide) groups is 1. The van der Waals surface area contributed by atoms with E-state index >= 15 is 0 Å². The van der Waals surface area contributed by atoms with Gasteiger partial charge in [0.15, 0.2) is 4.34 Å². The number of anilines is 1. The molecule has 0 aliphatic rings. The van der Waals surface area contributed by atoms with Crippen LogP contribution in [0.2, 0.25) is 0 Å². The number of nitrogens with one attached hydrogen (secondary N) is 1. The zero-order valence-corrected chi connectivity index (χ0v) is 19.6. The van der Waals surface area contributed by atoms with E-state index in [0.29, 0.717) is 14.3 Å². The van der Waals surface area contributed by atoms with Crippen molar-refractivity contribution in [1.82, 2.24) is 10.2 Å². The topological polar surface area (TPSA) is 111 Å². The normalized spacial score (nSPS) is 11.3. The third kappa shape index (κ3) is 6.15. The molecule has 180 valence electrons. The lowest BCUT2D eigenvalue weighted by atomic mass is 10.1. The molecular formula is C21H12F3N3O5S3. The molecule has 0 aliphatic carbocycles. The predicted molar refractivity (Wildman–Crippen MR) is 123 cm³/mol. The van der Waals surface area contributed by atoms with Crippen molar-refractivity contribution in [2.45, 2.75) is 16.3 Å². The third-order valence-corrected chi connectivity index (χ3v) is 7.08. The van der Waals surface area contributed by atoms with Crippen molar-refractivity contribution in [2.75, 3.05) is 5.32 Å². The predicted octanol–water partition coefficient (Wildman–Crippen LogP) is 5.34. The maximum atomic E-state index is 13.1. The van der Waals surface area contributed by atoms with E-state index in [4.69, 9.17) is 9.15 Å². The van der Waals surface area contributed by atoms with E-state index < -0.39 is 34.5 Å². The fourth-order valence-corrected chi connectivity index (χ4v) is 4.93. The summed E-state index contributed by atoms with van der Waals surface area (Å²) in [5.74, 6) is -1.82. The SMILES string of the molecule is O=C(Nc1nnc(SCc2cc(=O)c(OC(=O)c3ccccc3C(F)(F)F)co2)s1)c1cccs1. The monoisotopic (exact) mass is 539 g/mol. The summed E-state index contributed by atoms with van der Waals surface area (Å²) in [6, 6.07) is 8.58. The van der Waals surface area contributed by atoms with E-state index in [9.17, 15) is 27.6 Å². The van der Waals surface area contributed by atoms with Crippen LogP contribution < -0.4 is 15.5 Å². The third-order valence-electron chi connectivity index (χ3n) is 4.22. The van der Waals surface area contributed by atoms with Gasteiger partial charge >= 0.3 is 12.1 Å². The number of nitrogens with zero attached hydrogens (tertiary/aromatic N) is 2. The summed E-state index contributed by atoms with van der Waals surface area (Å²) in [6.45, 7) is 0. The van der Waals surface area contributed by atoms with Crippen molar-refractivity contribution >= 4 is 51.4 Å². The van der Waals surface area contributed by atoms with Crippen molar-refractivity contribution in [3.63, 3.8) is 0 Å². The highest BCUT2D eigenvalue weighted by molar-refractivity contribution is 8.00. The van der Waals surface area contributed by atoms with Gasteiger partial charge in [-0.05, 0) is 23.6 Å². The zero-order chi connectivity index (χ0) is 25.0. The van der Waals surface area contributed by atoms with Gasteiger partial charge in [0.1, 0.15) is 12.0 Å². The molecule has 0 saturated carbocycles. The Bertz CT molecular complexity index is 1420. The lowest BCUT2D eigenvalue weighted by Crippen LogP contribution is -2.19. The van der Waals surface area contributed by atoms with Gasteiger partial charge < -0.3 is 9.15 Å². The molecule has 3 aromatic heterocycles. The number of aromatic nitrogens is 2. The van der Waals surface area contributed by atoms with Crippen LogP contribution in [0.1, 0.15) is 31.4 Å². The molecule has 14 heteroatoms. The molecule has 8 nitrogen and oxygen atoms in total. The number of hydrogen-bond acceptors (Lipinski definition) is 10. The number of carbonyl (C=O) groups is 2. The molecule has 0 unspecified atom stereocenters. The largest absolute Gasteiger partial charge is 0.464 e. The minimum Gasteiger partial charge on any atom is -0.464 e. The number of ether oxygens (including phenoxy) is 1. The first-order valence-electron chi connectivity index (χ1n) is 9.52. The van der Waals surface area contributed by atoms with Gasteiger partial charge in [-0.15, -0.1) is 21.5 Å². The second-order valence-electron chi connectivity index (χ2n) is 6.60. The van der Waals surface area contributed by atoms with Crippen LogP contribution in [0.3, 0.4) is 0 Å². The lowest BCUT2D eigenvalue weighted by molar-refractivity contribution is -0.138. The van der Waals surface area contributed by atoms with E-state index in [-0.39, 0.29) is 17.4 Å². The van der Waals surface area contributed by atoms with Gasteiger partial charge in [-0.3, -0.25) is 14.9 Å². The second-order valence-corrected chi connectivity index (χ2v) is 9.75. The average molecular weight is 540 g/mol. The number of esters is 1. The second kappa shape index (κ2) is 10.4. The van der Waals surface area contributed by atoms with E-state index in [0.717, 1.165) is 41.9 Å². The van der Waals surface area contributed by atoms with Crippen molar-refractivity contribution in [2.24, 2.45) is 0 Å². The number of amides is 1. The van der Waals surface area contributed by atoms with Crippen LogP contribution in [0, 0.1) is 0 Å². The number of carbonyl (C=O) groups excluding carboxylic acids is 2. The number of alkyl halides is 3. The van der Waals surface area contributed by atoms with Crippen LogP contribution in [0.25, 0.3) is 0 Å². The molecule has 3 heterocycles. The van der Waals surface area contributed by atoms with E-state index in [1.807, 2.05) is 0 Å². The van der Waals surface area contributed by atoms with Crippen LogP contribution in [0.4, 0.5) is 18.3 Å². The molecule has 1 amide bonds. The maximum absolute atomic E-state index is 13.1. The van der Waals surface area contributed by atoms with Crippen molar-refractivity contribution in [3.05, 3.63) is 86.1 Å². The van der Waals surface area contributed by atoms with Crippen LogP contribution in [-0.2, 0) is 11.9 Å². The molecule has 0 bridgehead atoms. The standard InChI is InChI=1S/C21H12F3N3O5S3/c22-21(23,24)13-5-2-1-4-12(13)18(30)32-15-9-31-11(8-14(15)28)10-34-20-27-26-19(35-20)25-17(29)16-6-3-7-33-16/h1-9H,10H2,(H,25,26,29). The fourth-order valence-electron chi connectivity index (χ4n) is 2.67. The number of rotatable bonds is 7. The molecule has 0 spiro atoms. The maximum Gasteiger partial charge on any atom is 0.417 e. The summed E-state index contributed by atoms with van der Waals surface area (Å²) < 4.78 is 50.0. The smallest absolute Gasteiger partial charge is 0.417 e. The number of hydrogen-bond donors (Lipinski definition) is 1. The Labute approximate surface area is 206 Å². The minimum absolute atomic E-state index is 0.161. The summed E-state index contributed by atoms with van der Waals surface area (Å²) in [5, 5.41) is 12.5. The van der Waals surface area contributed by atoms with Crippen LogP contribution in [0.5, 0.6) is 5.75 Å². The van der Waals surface area contributed by atoms with Gasteiger partial charge in [0.05, 0.1) is 21.8 Å². The van der Waals surface area contributed by atoms with Gasteiger partial charge in [-0.25, -0.2) is 4.79 Å². The van der Waals surface area contributed by atoms with Gasteiger partial charge in [-0.1, -0.05) is 41.3 Å². The highest BCUT2D eigenvalue weighted by Crippen LogP contribution is 2.32. The summed E-state index contributed by atoms with van der Waals surface area (Å²) in [5.41, 5.74) is -2.64. The highest BCUT2D eigenvalue weighted by Gasteiger charge is 2.35. The summed E-state index contributed by atoms with van der Waals surface area (Å²) in [6.07, 6.45) is -3.90. The van der Waals surface area contributed by atoms with E-state index in [2.05, 4.69) is 15.5 Å². The number of benzene rings is 1. The number of thiophene rings is 1. The van der Waals surface area contributed by atoms with Crippen LogP contribution in [-0.4, -0.2) is 22.1 Å². The Morgan fingerprint density at radius 3 is 2.66 bits per heavy atom. The van der Waals surface area contributed by atoms with Gasteiger partial charge in [-0.2, -0.15) is 13.2 Å². The molecule has 0 saturated heterocycles. The molecule has 4 rings (SSSR count). The Morgan fingerprint density at radius 1 is 1.14 bits per heavy atom.